The third kappa shape index (κ3) is 1.81. The highest BCUT2D eigenvalue weighted by Gasteiger charge is 2.46. The van der Waals surface area contributed by atoms with E-state index in [4.69, 9.17) is 9.47 Å². The molecule has 22 heavy (non-hydrogen) atoms. The smallest absolute Gasteiger partial charge is 0.124 e. The standard InChI is InChI=1S/C19H21NO2/c1-19(2)14-10-12(21-3)8-9-16(14)20-18-13-6-4-5-7-17(13)22-11-15(18)19/h4-10,15,18,20H,11H2,1-3H3/t15-,18+/m1/s1. The Morgan fingerprint density at radius 1 is 1.18 bits per heavy atom. The number of fused-ring (bicyclic) bond motifs is 4. The van der Waals surface area contributed by atoms with Crippen LogP contribution in [0.3, 0.4) is 0 Å². The number of nitrogens with one attached hydrogen (secondary N) is 1. The lowest BCUT2D eigenvalue weighted by Crippen LogP contribution is -2.46. The van der Waals surface area contributed by atoms with Crippen LogP contribution < -0.4 is 14.8 Å². The SMILES string of the molecule is COc1ccc2c(c1)C(C)(C)[C@@H]1COc3ccccc3[C@@H]1N2. The van der Waals surface area contributed by atoms with E-state index in [1.165, 1.54) is 16.8 Å². The van der Waals surface area contributed by atoms with Gasteiger partial charge < -0.3 is 14.8 Å². The zero-order chi connectivity index (χ0) is 15.3. The lowest BCUT2D eigenvalue weighted by Gasteiger charge is -2.48. The van der Waals surface area contributed by atoms with Crippen LogP contribution in [0.25, 0.3) is 0 Å². The van der Waals surface area contributed by atoms with Crippen molar-refractivity contribution in [3.05, 3.63) is 53.6 Å². The fourth-order valence-electron chi connectivity index (χ4n) is 3.84. The first-order chi connectivity index (χ1) is 10.6. The summed E-state index contributed by atoms with van der Waals surface area (Å²) in [5, 5.41) is 3.73. The van der Waals surface area contributed by atoms with Gasteiger partial charge in [0.1, 0.15) is 11.5 Å². The van der Waals surface area contributed by atoms with Crippen LogP contribution in [0.15, 0.2) is 42.5 Å². The molecule has 0 aliphatic carbocycles. The summed E-state index contributed by atoms with van der Waals surface area (Å²) >= 11 is 0. The molecule has 0 unspecified atom stereocenters. The Morgan fingerprint density at radius 2 is 2.00 bits per heavy atom. The van der Waals surface area contributed by atoms with Gasteiger partial charge in [-0.1, -0.05) is 32.0 Å². The Kier molecular flexibility index (Phi) is 2.86. The average molecular weight is 295 g/mol. The zero-order valence-corrected chi connectivity index (χ0v) is 13.2. The predicted octanol–water partition coefficient (Wildman–Crippen LogP) is 4.15. The third-order valence-electron chi connectivity index (χ3n) is 5.23. The van der Waals surface area contributed by atoms with Crippen molar-refractivity contribution in [1.29, 1.82) is 0 Å². The Morgan fingerprint density at radius 3 is 2.82 bits per heavy atom. The predicted molar refractivity (Wildman–Crippen MR) is 87.8 cm³/mol. The van der Waals surface area contributed by atoms with Crippen LogP contribution in [0.1, 0.15) is 31.0 Å². The van der Waals surface area contributed by atoms with E-state index >= 15 is 0 Å². The molecule has 0 aromatic heterocycles. The average Bonchev–Trinajstić information content (AvgIpc) is 2.54. The van der Waals surface area contributed by atoms with Gasteiger partial charge in [-0.15, -0.1) is 0 Å². The Labute approximate surface area is 131 Å². The molecule has 0 saturated heterocycles. The summed E-state index contributed by atoms with van der Waals surface area (Å²) < 4.78 is 11.4. The molecule has 4 rings (SSSR count). The highest BCUT2D eigenvalue weighted by atomic mass is 16.5. The molecular formula is C19H21NO2. The number of methoxy groups -OCH3 is 1. The van der Waals surface area contributed by atoms with Crippen molar-refractivity contribution in [1.82, 2.24) is 0 Å². The number of benzene rings is 2. The lowest BCUT2D eigenvalue weighted by atomic mass is 9.65. The van der Waals surface area contributed by atoms with Crippen molar-refractivity contribution in [3.63, 3.8) is 0 Å². The van der Waals surface area contributed by atoms with E-state index in [-0.39, 0.29) is 5.41 Å². The van der Waals surface area contributed by atoms with Crippen LogP contribution in [-0.2, 0) is 5.41 Å². The Bertz CT molecular complexity index is 723. The van der Waals surface area contributed by atoms with Crippen LogP contribution in [-0.4, -0.2) is 13.7 Å². The lowest BCUT2D eigenvalue weighted by molar-refractivity contribution is 0.135. The molecule has 0 radical (unpaired) electrons. The van der Waals surface area contributed by atoms with Crippen LogP contribution >= 0.6 is 0 Å². The molecule has 0 saturated carbocycles. The number of anilines is 1. The minimum atomic E-state index is 0.0212. The second-order valence-corrected chi connectivity index (χ2v) is 6.71. The minimum absolute atomic E-state index is 0.0212. The first kappa shape index (κ1) is 13.5. The first-order valence-corrected chi connectivity index (χ1v) is 7.78. The van der Waals surface area contributed by atoms with E-state index in [9.17, 15) is 0 Å². The molecule has 0 bridgehead atoms. The molecule has 0 spiro atoms. The molecule has 1 N–H and O–H groups in total. The fraction of sp³-hybridized carbons (Fsp3) is 0.368. The number of hydrogen-bond donors (Lipinski definition) is 1. The third-order valence-corrected chi connectivity index (χ3v) is 5.23. The summed E-state index contributed by atoms with van der Waals surface area (Å²) in [5.74, 6) is 2.30. The van der Waals surface area contributed by atoms with Gasteiger partial charge in [-0.05, 0) is 29.8 Å². The molecular weight excluding hydrogens is 274 g/mol. The van der Waals surface area contributed by atoms with Crippen molar-refractivity contribution < 1.29 is 9.47 Å². The van der Waals surface area contributed by atoms with Gasteiger partial charge in [-0.25, -0.2) is 0 Å². The number of para-hydroxylation sites is 1. The van der Waals surface area contributed by atoms with Gasteiger partial charge in [0.25, 0.3) is 0 Å². The van der Waals surface area contributed by atoms with E-state index in [0.717, 1.165) is 18.1 Å². The van der Waals surface area contributed by atoms with Crippen LogP contribution in [0.4, 0.5) is 5.69 Å². The van der Waals surface area contributed by atoms with Crippen molar-refractivity contribution in [2.75, 3.05) is 19.0 Å². The minimum Gasteiger partial charge on any atom is -0.497 e. The summed E-state index contributed by atoms with van der Waals surface area (Å²) in [6, 6.07) is 14.9. The van der Waals surface area contributed by atoms with Crippen LogP contribution in [0, 0.1) is 5.92 Å². The molecule has 2 atom stereocenters. The van der Waals surface area contributed by atoms with Crippen LogP contribution in [0.2, 0.25) is 0 Å². The summed E-state index contributed by atoms with van der Waals surface area (Å²) in [5.41, 5.74) is 3.78. The largest absolute Gasteiger partial charge is 0.497 e. The quantitative estimate of drug-likeness (QED) is 0.857. The summed E-state index contributed by atoms with van der Waals surface area (Å²) in [6.45, 7) is 5.35. The van der Waals surface area contributed by atoms with E-state index in [1.54, 1.807) is 7.11 Å². The maximum Gasteiger partial charge on any atom is 0.124 e. The van der Waals surface area contributed by atoms with E-state index in [0.29, 0.717) is 12.0 Å². The van der Waals surface area contributed by atoms with Gasteiger partial charge in [-0.2, -0.15) is 0 Å². The van der Waals surface area contributed by atoms with Gasteiger partial charge in [0.15, 0.2) is 0 Å². The first-order valence-electron chi connectivity index (χ1n) is 7.78. The topological polar surface area (TPSA) is 30.5 Å². The zero-order valence-electron chi connectivity index (χ0n) is 13.2. The van der Waals surface area contributed by atoms with Gasteiger partial charge in [-0.3, -0.25) is 0 Å². The molecule has 2 aliphatic rings. The van der Waals surface area contributed by atoms with Crippen molar-refractivity contribution in [2.24, 2.45) is 5.92 Å². The van der Waals surface area contributed by atoms with Crippen molar-refractivity contribution in [3.8, 4) is 11.5 Å². The molecule has 0 fully saturated rings. The van der Waals surface area contributed by atoms with Gasteiger partial charge in [0.05, 0.1) is 19.8 Å². The van der Waals surface area contributed by atoms with E-state index in [2.05, 4.69) is 49.5 Å². The molecule has 3 heteroatoms. The molecule has 2 aliphatic heterocycles. The summed E-state index contributed by atoms with van der Waals surface area (Å²) in [6.07, 6.45) is 0. The number of ether oxygens (including phenoxy) is 2. The second kappa shape index (κ2) is 4.67. The molecule has 2 aromatic carbocycles. The van der Waals surface area contributed by atoms with Gasteiger partial charge >= 0.3 is 0 Å². The summed E-state index contributed by atoms with van der Waals surface area (Å²) in [7, 11) is 1.72. The highest BCUT2D eigenvalue weighted by molar-refractivity contribution is 5.62. The molecule has 3 nitrogen and oxygen atoms in total. The Balaban J connectivity index is 1.85. The molecule has 2 heterocycles. The maximum absolute atomic E-state index is 6.03. The second-order valence-electron chi connectivity index (χ2n) is 6.71. The van der Waals surface area contributed by atoms with Crippen molar-refractivity contribution in [2.45, 2.75) is 25.3 Å². The summed E-state index contributed by atoms with van der Waals surface area (Å²) in [4.78, 5) is 0. The molecule has 114 valence electrons. The molecule has 0 amide bonds. The highest BCUT2D eigenvalue weighted by Crippen LogP contribution is 2.52. The van der Waals surface area contributed by atoms with Crippen molar-refractivity contribution >= 4 is 5.69 Å². The maximum atomic E-state index is 6.03. The van der Waals surface area contributed by atoms with Gasteiger partial charge in [0.2, 0.25) is 0 Å². The monoisotopic (exact) mass is 295 g/mol. The fourth-order valence-corrected chi connectivity index (χ4v) is 3.84. The van der Waals surface area contributed by atoms with E-state index < -0.39 is 0 Å². The Hall–Kier alpha value is -2.16. The number of hydrogen-bond acceptors (Lipinski definition) is 3. The van der Waals surface area contributed by atoms with Crippen LogP contribution in [0.5, 0.6) is 11.5 Å². The normalized spacial score (nSPS) is 24.1. The van der Waals surface area contributed by atoms with Gasteiger partial charge in [0, 0.05) is 22.6 Å². The number of rotatable bonds is 1. The van der Waals surface area contributed by atoms with E-state index in [1.807, 2.05) is 12.1 Å². The molecule has 2 aromatic rings.